The molecule has 3 aromatic carbocycles. The molecule has 0 spiro atoms. The lowest BCUT2D eigenvalue weighted by atomic mass is 9.92. The van der Waals surface area contributed by atoms with Crippen LogP contribution in [0.5, 0.6) is 0 Å². The number of hydrogen-bond donors (Lipinski definition) is 0. The van der Waals surface area contributed by atoms with Crippen molar-refractivity contribution in [3.05, 3.63) is 93.1 Å². The highest BCUT2D eigenvalue weighted by Crippen LogP contribution is 2.33. The first-order chi connectivity index (χ1) is 12.0. The lowest BCUT2D eigenvalue weighted by molar-refractivity contribution is 1.11. The fourth-order valence-electron chi connectivity index (χ4n) is 3.24. The molecule has 0 aromatic heterocycles. The second kappa shape index (κ2) is 7.57. The van der Waals surface area contributed by atoms with Gasteiger partial charge in [-0.3, -0.25) is 0 Å². The van der Waals surface area contributed by atoms with Gasteiger partial charge in [-0.15, -0.1) is 0 Å². The Morgan fingerprint density at radius 1 is 1.04 bits per heavy atom. The summed E-state index contributed by atoms with van der Waals surface area (Å²) in [4.78, 5) is 0. The fourth-order valence-corrected chi connectivity index (χ4v) is 3.73. The maximum atomic E-state index is 3.88. The standard InChI is InChI=1S/C24H23I/c1-5-16(2)18(4)13-19-7-6-8-21(14-19)24-17(3)9-10-20-11-12-22(25)15-23(20)24/h5-12,14-15H,1,13H2,2-4H3. The van der Waals surface area contributed by atoms with Crippen molar-refractivity contribution in [1.82, 2.24) is 0 Å². The molecule has 126 valence electrons. The second-order valence-corrected chi connectivity index (χ2v) is 7.91. The van der Waals surface area contributed by atoms with Gasteiger partial charge in [0.2, 0.25) is 0 Å². The van der Waals surface area contributed by atoms with Gasteiger partial charge in [0, 0.05) is 3.57 Å². The Labute approximate surface area is 164 Å². The molecule has 0 bridgehead atoms. The molecule has 0 aliphatic rings. The molecule has 0 N–H and O–H groups in total. The third-order valence-electron chi connectivity index (χ3n) is 4.86. The minimum absolute atomic E-state index is 0.965. The van der Waals surface area contributed by atoms with Crippen molar-refractivity contribution >= 4 is 33.4 Å². The van der Waals surface area contributed by atoms with Crippen molar-refractivity contribution in [2.45, 2.75) is 27.2 Å². The Hall–Kier alpha value is -1.87. The van der Waals surface area contributed by atoms with Crippen LogP contribution in [0, 0.1) is 10.5 Å². The Bertz CT molecular complexity index is 971. The van der Waals surface area contributed by atoms with Gasteiger partial charge in [0.15, 0.2) is 0 Å². The SMILES string of the molecule is C=CC(C)=C(C)Cc1cccc(-c2c(C)ccc3ccc(I)cc23)c1. The van der Waals surface area contributed by atoms with E-state index in [1.165, 1.54) is 47.7 Å². The van der Waals surface area contributed by atoms with Gasteiger partial charge in [0.25, 0.3) is 0 Å². The van der Waals surface area contributed by atoms with Crippen molar-refractivity contribution in [3.8, 4) is 11.1 Å². The normalized spacial score (nSPS) is 12.2. The molecule has 0 aliphatic heterocycles. The maximum absolute atomic E-state index is 3.88. The van der Waals surface area contributed by atoms with Gasteiger partial charge in [-0.05, 0) is 94.9 Å². The molecular weight excluding hydrogens is 415 g/mol. The zero-order valence-electron chi connectivity index (χ0n) is 15.1. The summed E-state index contributed by atoms with van der Waals surface area (Å²) in [6, 6.07) is 20.1. The molecule has 3 rings (SSSR count). The number of rotatable bonds is 4. The molecule has 25 heavy (non-hydrogen) atoms. The quantitative estimate of drug-likeness (QED) is 0.293. The van der Waals surface area contributed by atoms with E-state index in [4.69, 9.17) is 0 Å². The van der Waals surface area contributed by atoms with E-state index in [9.17, 15) is 0 Å². The Kier molecular flexibility index (Phi) is 5.43. The number of allylic oxidation sites excluding steroid dienone is 3. The second-order valence-electron chi connectivity index (χ2n) is 6.67. The van der Waals surface area contributed by atoms with Gasteiger partial charge in [-0.1, -0.05) is 66.3 Å². The van der Waals surface area contributed by atoms with Crippen LogP contribution >= 0.6 is 22.6 Å². The first-order valence-electron chi connectivity index (χ1n) is 8.56. The average molecular weight is 438 g/mol. The summed E-state index contributed by atoms with van der Waals surface area (Å²) in [7, 11) is 0. The topological polar surface area (TPSA) is 0 Å². The van der Waals surface area contributed by atoms with Gasteiger partial charge in [-0.25, -0.2) is 0 Å². The third kappa shape index (κ3) is 3.87. The van der Waals surface area contributed by atoms with E-state index in [-0.39, 0.29) is 0 Å². The Morgan fingerprint density at radius 3 is 2.56 bits per heavy atom. The number of halogens is 1. The summed E-state index contributed by atoms with van der Waals surface area (Å²) in [6.45, 7) is 10.4. The van der Waals surface area contributed by atoms with Crippen LogP contribution in [0.2, 0.25) is 0 Å². The number of fused-ring (bicyclic) bond motifs is 1. The largest absolute Gasteiger partial charge is 0.0988 e. The lowest BCUT2D eigenvalue weighted by Crippen LogP contribution is -1.92. The number of hydrogen-bond acceptors (Lipinski definition) is 0. The van der Waals surface area contributed by atoms with Gasteiger partial charge >= 0.3 is 0 Å². The fraction of sp³-hybridized carbons (Fsp3) is 0.167. The molecule has 0 saturated heterocycles. The molecule has 0 radical (unpaired) electrons. The zero-order valence-corrected chi connectivity index (χ0v) is 17.2. The highest BCUT2D eigenvalue weighted by molar-refractivity contribution is 14.1. The third-order valence-corrected chi connectivity index (χ3v) is 5.53. The van der Waals surface area contributed by atoms with E-state index in [1.807, 2.05) is 6.08 Å². The first-order valence-corrected chi connectivity index (χ1v) is 9.64. The molecule has 0 heterocycles. The maximum Gasteiger partial charge on any atom is 0.0136 e. The molecule has 0 amide bonds. The summed E-state index contributed by atoms with van der Waals surface area (Å²) in [5.74, 6) is 0. The molecule has 3 aromatic rings. The highest BCUT2D eigenvalue weighted by Gasteiger charge is 2.09. The number of aryl methyl sites for hydroxylation is 1. The molecule has 0 unspecified atom stereocenters. The van der Waals surface area contributed by atoms with Crippen LogP contribution < -0.4 is 0 Å². The van der Waals surface area contributed by atoms with Crippen molar-refractivity contribution in [2.24, 2.45) is 0 Å². The van der Waals surface area contributed by atoms with E-state index in [1.54, 1.807) is 0 Å². The Morgan fingerprint density at radius 2 is 1.80 bits per heavy atom. The van der Waals surface area contributed by atoms with Crippen LogP contribution in [0.4, 0.5) is 0 Å². The van der Waals surface area contributed by atoms with Crippen molar-refractivity contribution in [1.29, 1.82) is 0 Å². The summed E-state index contributed by atoms with van der Waals surface area (Å²) in [6.07, 6.45) is 2.91. The molecule has 1 heteroatoms. The first kappa shape index (κ1) is 17.9. The van der Waals surface area contributed by atoms with Gasteiger partial charge in [0.05, 0.1) is 0 Å². The van der Waals surface area contributed by atoms with Crippen molar-refractivity contribution < 1.29 is 0 Å². The van der Waals surface area contributed by atoms with Crippen LogP contribution in [0.25, 0.3) is 21.9 Å². The van der Waals surface area contributed by atoms with Crippen LogP contribution in [0.15, 0.2) is 78.4 Å². The van der Waals surface area contributed by atoms with Crippen LogP contribution in [-0.4, -0.2) is 0 Å². The molecule has 0 aliphatic carbocycles. The minimum Gasteiger partial charge on any atom is -0.0988 e. The van der Waals surface area contributed by atoms with Gasteiger partial charge in [0.1, 0.15) is 0 Å². The van der Waals surface area contributed by atoms with E-state index in [2.05, 4.69) is 105 Å². The molecule has 0 fully saturated rings. The van der Waals surface area contributed by atoms with E-state index in [0.717, 1.165) is 6.42 Å². The van der Waals surface area contributed by atoms with Crippen molar-refractivity contribution in [3.63, 3.8) is 0 Å². The summed E-state index contributed by atoms with van der Waals surface area (Å²) in [5, 5.41) is 2.63. The predicted octanol–water partition coefficient (Wildman–Crippen LogP) is 7.48. The van der Waals surface area contributed by atoms with Crippen molar-refractivity contribution in [2.75, 3.05) is 0 Å². The van der Waals surface area contributed by atoms with Crippen LogP contribution in [-0.2, 0) is 6.42 Å². The van der Waals surface area contributed by atoms with Gasteiger partial charge < -0.3 is 0 Å². The summed E-state index contributed by atoms with van der Waals surface area (Å²) in [5.41, 5.74) is 7.95. The molecule has 0 atom stereocenters. The molecular formula is C24H23I. The minimum atomic E-state index is 0.965. The molecule has 0 nitrogen and oxygen atoms in total. The van der Waals surface area contributed by atoms with E-state index < -0.39 is 0 Å². The van der Waals surface area contributed by atoms with Crippen LogP contribution in [0.3, 0.4) is 0 Å². The highest BCUT2D eigenvalue weighted by atomic mass is 127. The number of benzene rings is 3. The monoisotopic (exact) mass is 438 g/mol. The van der Waals surface area contributed by atoms with Gasteiger partial charge in [-0.2, -0.15) is 0 Å². The van der Waals surface area contributed by atoms with E-state index in [0.29, 0.717) is 0 Å². The predicted molar refractivity (Wildman–Crippen MR) is 119 cm³/mol. The summed E-state index contributed by atoms with van der Waals surface area (Å²) >= 11 is 2.39. The van der Waals surface area contributed by atoms with Crippen LogP contribution in [0.1, 0.15) is 25.0 Å². The lowest BCUT2D eigenvalue weighted by Gasteiger charge is -2.13. The zero-order chi connectivity index (χ0) is 18.0. The average Bonchev–Trinajstić information content (AvgIpc) is 2.60. The molecule has 0 saturated carbocycles. The van der Waals surface area contributed by atoms with E-state index >= 15 is 0 Å². The smallest absolute Gasteiger partial charge is 0.0136 e. The Balaban J connectivity index is 2.13. The summed E-state index contributed by atoms with van der Waals surface area (Å²) < 4.78 is 1.27.